The number of imide groups is 1. The number of rotatable bonds is 4. The Balaban J connectivity index is 2.03. The molecular formula is C13H22N2O2S. The first-order chi connectivity index (χ1) is 8.63. The molecule has 102 valence electrons. The summed E-state index contributed by atoms with van der Waals surface area (Å²) in [5.41, 5.74) is -0.568. The van der Waals surface area contributed by atoms with Crippen molar-refractivity contribution in [1.29, 1.82) is 0 Å². The topological polar surface area (TPSA) is 49.4 Å². The van der Waals surface area contributed by atoms with E-state index in [1.165, 1.54) is 11.3 Å². The predicted octanol–water partition coefficient (Wildman–Crippen LogP) is 2.24. The Labute approximate surface area is 113 Å². The normalized spacial score (nSPS) is 32.1. The number of hydrogen-bond donors (Lipinski definition) is 1. The summed E-state index contributed by atoms with van der Waals surface area (Å²) in [6.07, 6.45) is 6.89. The van der Waals surface area contributed by atoms with Crippen LogP contribution in [0.25, 0.3) is 0 Å². The van der Waals surface area contributed by atoms with Crippen molar-refractivity contribution in [1.82, 2.24) is 10.2 Å². The predicted molar refractivity (Wildman–Crippen MR) is 73.6 cm³/mol. The van der Waals surface area contributed by atoms with Crippen LogP contribution in [0.15, 0.2) is 0 Å². The van der Waals surface area contributed by atoms with Crippen molar-refractivity contribution in [2.24, 2.45) is 5.92 Å². The molecule has 2 aliphatic rings. The van der Waals surface area contributed by atoms with E-state index in [4.69, 9.17) is 0 Å². The van der Waals surface area contributed by atoms with Crippen molar-refractivity contribution >= 4 is 23.7 Å². The molecule has 2 fully saturated rings. The molecule has 1 N–H and O–H groups in total. The fourth-order valence-electron chi connectivity index (χ4n) is 2.98. The number of amides is 3. The van der Waals surface area contributed by atoms with Gasteiger partial charge in [-0.15, -0.1) is 0 Å². The van der Waals surface area contributed by atoms with Crippen LogP contribution in [0, 0.1) is 5.92 Å². The first kappa shape index (κ1) is 13.7. The van der Waals surface area contributed by atoms with Crippen LogP contribution >= 0.6 is 11.8 Å². The average Bonchev–Trinajstić information content (AvgIpc) is 2.60. The minimum Gasteiger partial charge on any atom is -0.323 e. The third-order valence-electron chi connectivity index (χ3n) is 4.30. The van der Waals surface area contributed by atoms with Gasteiger partial charge in [0, 0.05) is 12.3 Å². The monoisotopic (exact) mass is 270 g/mol. The van der Waals surface area contributed by atoms with Crippen molar-refractivity contribution in [3.63, 3.8) is 0 Å². The summed E-state index contributed by atoms with van der Waals surface area (Å²) in [6.45, 7) is 2.73. The van der Waals surface area contributed by atoms with Gasteiger partial charge in [0.05, 0.1) is 0 Å². The maximum Gasteiger partial charge on any atom is 0.325 e. The van der Waals surface area contributed by atoms with Gasteiger partial charge in [-0.25, -0.2) is 4.79 Å². The molecule has 0 radical (unpaired) electrons. The molecule has 1 heterocycles. The van der Waals surface area contributed by atoms with Gasteiger partial charge in [0.25, 0.3) is 5.91 Å². The highest BCUT2D eigenvalue weighted by Crippen LogP contribution is 2.37. The number of hydrogen-bond acceptors (Lipinski definition) is 3. The number of nitrogens with one attached hydrogen (secondary N) is 1. The summed E-state index contributed by atoms with van der Waals surface area (Å²) in [7, 11) is 0. The van der Waals surface area contributed by atoms with E-state index in [0.29, 0.717) is 6.54 Å². The van der Waals surface area contributed by atoms with E-state index >= 15 is 0 Å². The molecule has 1 spiro atoms. The summed E-state index contributed by atoms with van der Waals surface area (Å²) in [6, 6.07) is -0.191. The second kappa shape index (κ2) is 5.51. The van der Waals surface area contributed by atoms with Gasteiger partial charge in [0.1, 0.15) is 5.54 Å². The average molecular weight is 270 g/mol. The van der Waals surface area contributed by atoms with Crippen molar-refractivity contribution in [3.8, 4) is 0 Å². The maximum absolute atomic E-state index is 12.4. The van der Waals surface area contributed by atoms with Gasteiger partial charge >= 0.3 is 6.03 Å². The van der Waals surface area contributed by atoms with Crippen LogP contribution in [0.5, 0.6) is 0 Å². The van der Waals surface area contributed by atoms with Gasteiger partial charge < -0.3 is 5.32 Å². The Kier molecular flexibility index (Phi) is 4.20. The van der Waals surface area contributed by atoms with E-state index in [1.807, 2.05) is 6.26 Å². The Hall–Kier alpha value is -0.710. The minimum atomic E-state index is -0.568. The Bertz CT molecular complexity index is 338. The number of urea groups is 1. The molecule has 0 unspecified atom stereocenters. The Morgan fingerprint density at radius 2 is 2.06 bits per heavy atom. The van der Waals surface area contributed by atoms with Crippen LogP contribution in [-0.4, -0.2) is 40.9 Å². The number of nitrogens with zero attached hydrogens (tertiary/aromatic N) is 1. The highest BCUT2D eigenvalue weighted by atomic mass is 32.2. The van der Waals surface area contributed by atoms with E-state index in [9.17, 15) is 9.59 Å². The molecule has 3 amide bonds. The van der Waals surface area contributed by atoms with Crippen LogP contribution < -0.4 is 5.32 Å². The molecule has 4 nitrogen and oxygen atoms in total. The third kappa shape index (κ3) is 2.37. The molecule has 0 aromatic carbocycles. The second-order valence-corrected chi connectivity index (χ2v) is 6.30. The van der Waals surface area contributed by atoms with Crippen LogP contribution in [0.4, 0.5) is 4.79 Å². The number of carbonyl (C=O) groups is 2. The van der Waals surface area contributed by atoms with Crippen molar-refractivity contribution in [2.45, 2.75) is 44.6 Å². The van der Waals surface area contributed by atoms with Gasteiger partial charge in [-0.3, -0.25) is 9.69 Å². The summed E-state index contributed by atoms with van der Waals surface area (Å²) < 4.78 is 0. The van der Waals surface area contributed by atoms with Gasteiger partial charge in [0.2, 0.25) is 0 Å². The first-order valence-electron chi connectivity index (χ1n) is 6.76. The molecule has 0 atom stereocenters. The molecule has 5 heteroatoms. The standard InChI is InChI=1S/C13H22N2O2S/c1-3-10-4-6-13(7-5-10)11(16)15(8-9-18-2)12(17)14-13/h10H,3-9H2,1-2H3,(H,14,17). The van der Waals surface area contributed by atoms with Crippen molar-refractivity contribution in [3.05, 3.63) is 0 Å². The summed E-state index contributed by atoms with van der Waals surface area (Å²) >= 11 is 1.66. The quantitative estimate of drug-likeness (QED) is 0.797. The molecule has 0 aromatic rings. The van der Waals surface area contributed by atoms with E-state index in [-0.39, 0.29) is 11.9 Å². The van der Waals surface area contributed by atoms with Gasteiger partial charge in [-0.2, -0.15) is 11.8 Å². The molecule has 1 saturated carbocycles. The van der Waals surface area contributed by atoms with E-state index in [1.54, 1.807) is 11.8 Å². The van der Waals surface area contributed by atoms with Crippen molar-refractivity contribution < 1.29 is 9.59 Å². The zero-order valence-electron chi connectivity index (χ0n) is 11.2. The lowest BCUT2D eigenvalue weighted by atomic mass is 9.75. The first-order valence-corrected chi connectivity index (χ1v) is 8.15. The van der Waals surface area contributed by atoms with E-state index in [2.05, 4.69) is 12.2 Å². The maximum atomic E-state index is 12.4. The Morgan fingerprint density at radius 3 is 2.61 bits per heavy atom. The van der Waals surface area contributed by atoms with Crippen LogP contribution in [0.3, 0.4) is 0 Å². The molecule has 0 aromatic heterocycles. The lowest BCUT2D eigenvalue weighted by molar-refractivity contribution is -0.132. The highest BCUT2D eigenvalue weighted by molar-refractivity contribution is 7.98. The number of thioether (sulfide) groups is 1. The minimum absolute atomic E-state index is 0.0103. The lowest BCUT2D eigenvalue weighted by Crippen LogP contribution is -2.49. The third-order valence-corrected chi connectivity index (χ3v) is 4.89. The molecule has 2 rings (SSSR count). The van der Waals surface area contributed by atoms with Crippen molar-refractivity contribution in [2.75, 3.05) is 18.6 Å². The van der Waals surface area contributed by atoms with Gasteiger partial charge in [-0.1, -0.05) is 13.3 Å². The van der Waals surface area contributed by atoms with Gasteiger partial charge in [-0.05, 0) is 37.9 Å². The molecular weight excluding hydrogens is 248 g/mol. The SMILES string of the molecule is CCC1CCC2(CC1)NC(=O)N(CCSC)C2=O. The summed E-state index contributed by atoms with van der Waals surface area (Å²) in [4.78, 5) is 25.7. The second-order valence-electron chi connectivity index (χ2n) is 5.31. The summed E-state index contributed by atoms with van der Waals surface area (Å²) in [5.74, 6) is 1.55. The molecule has 1 aliphatic carbocycles. The molecule has 1 saturated heterocycles. The number of carbonyl (C=O) groups excluding carboxylic acids is 2. The molecule has 1 aliphatic heterocycles. The summed E-state index contributed by atoms with van der Waals surface area (Å²) in [5, 5.41) is 2.95. The Morgan fingerprint density at radius 1 is 1.39 bits per heavy atom. The van der Waals surface area contributed by atoms with Crippen LogP contribution in [0.1, 0.15) is 39.0 Å². The fraction of sp³-hybridized carbons (Fsp3) is 0.846. The smallest absolute Gasteiger partial charge is 0.323 e. The zero-order valence-corrected chi connectivity index (χ0v) is 12.0. The fourth-order valence-corrected chi connectivity index (χ4v) is 3.34. The van der Waals surface area contributed by atoms with Crippen LogP contribution in [-0.2, 0) is 4.79 Å². The lowest BCUT2D eigenvalue weighted by Gasteiger charge is -2.34. The molecule has 0 bridgehead atoms. The molecule has 18 heavy (non-hydrogen) atoms. The largest absolute Gasteiger partial charge is 0.325 e. The van der Waals surface area contributed by atoms with Crippen LogP contribution in [0.2, 0.25) is 0 Å². The highest BCUT2D eigenvalue weighted by Gasteiger charge is 2.51. The van der Waals surface area contributed by atoms with E-state index < -0.39 is 5.54 Å². The van der Waals surface area contributed by atoms with E-state index in [0.717, 1.165) is 37.4 Å². The van der Waals surface area contributed by atoms with Gasteiger partial charge in [0.15, 0.2) is 0 Å². The zero-order chi connectivity index (χ0) is 13.2.